The highest BCUT2D eigenvalue weighted by Gasteiger charge is 2.25. The molecule has 4 aromatic rings. The molecule has 0 bridgehead atoms. The number of nitrogens with one attached hydrogen (secondary N) is 3. The Morgan fingerprint density at radius 2 is 2.10 bits per heavy atom. The zero-order chi connectivity index (χ0) is 20.5. The summed E-state index contributed by atoms with van der Waals surface area (Å²) in [6.07, 6.45) is 6.02. The van der Waals surface area contributed by atoms with Gasteiger partial charge in [-0.15, -0.1) is 0 Å². The van der Waals surface area contributed by atoms with Crippen molar-refractivity contribution in [3.8, 4) is 0 Å². The monoisotopic (exact) mass is 421 g/mol. The van der Waals surface area contributed by atoms with Crippen molar-refractivity contribution in [3.05, 3.63) is 60.0 Å². The van der Waals surface area contributed by atoms with Gasteiger partial charge in [0.2, 0.25) is 5.95 Å². The minimum absolute atomic E-state index is 0.290. The second-order valence-corrected chi connectivity index (χ2v) is 8.04. The number of carbonyl (C=O) groups excluding carboxylic acids is 1. The summed E-state index contributed by atoms with van der Waals surface area (Å²) in [4.78, 5) is 26.6. The number of aromatic amines is 1. The van der Waals surface area contributed by atoms with Crippen LogP contribution in [0.15, 0.2) is 58.7 Å². The second kappa shape index (κ2) is 7.81. The summed E-state index contributed by atoms with van der Waals surface area (Å²) < 4.78 is 1.88. The number of aromatic nitrogens is 5. The SMILES string of the molecule is CONC(=O)c1ccc(Sc2cc3nccn3c(Nc3cc(C4CC4)[nH]n3)n2)cc1. The minimum Gasteiger partial charge on any atom is -0.308 e. The molecule has 3 heterocycles. The molecule has 0 atom stereocenters. The molecule has 152 valence electrons. The second-order valence-electron chi connectivity index (χ2n) is 6.94. The van der Waals surface area contributed by atoms with Gasteiger partial charge < -0.3 is 5.32 Å². The molecule has 1 aliphatic rings. The van der Waals surface area contributed by atoms with E-state index in [-0.39, 0.29) is 5.91 Å². The van der Waals surface area contributed by atoms with E-state index in [2.05, 4.69) is 30.8 Å². The third kappa shape index (κ3) is 3.87. The molecule has 5 rings (SSSR count). The van der Waals surface area contributed by atoms with Crippen LogP contribution in [0.5, 0.6) is 0 Å². The van der Waals surface area contributed by atoms with Crippen molar-refractivity contribution in [1.82, 2.24) is 30.0 Å². The predicted octanol–water partition coefficient (Wildman–Crippen LogP) is 3.52. The Morgan fingerprint density at radius 3 is 2.87 bits per heavy atom. The van der Waals surface area contributed by atoms with Gasteiger partial charge in [0.15, 0.2) is 5.82 Å². The molecule has 0 spiro atoms. The van der Waals surface area contributed by atoms with Crippen molar-refractivity contribution in [2.24, 2.45) is 0 Å². The lowest BCUT2D eigenvalue weighted by molar-refractivity contribution is 0.0537. The van der Waals surface area contributed by atoms with Gasteiger partial charge in [0.05, 0.1) is 7.11 Å². The van der Waals surface area contributed by atoms with Crippen LogP contribution in [0.3, 0.4) is 0 Å². The Labute approximate surface area is 176 Å². The number of anilines is 2. The largest absolute Gasteiger partial charge is 0.308 e. The van der Waals surface area contributed by atoms with Crippen molar-refractivity contribution in [3.63, 3.8) is 0 Å². The maximum Gasteiger partial charge on any atom is 0.274 e. The first-order valence-electron chi connectivity index (χ1n) is 9.47. The van der Waals surface area contributed by atoms with Crippen LogP contribution in [0.1, 0.15) is 34.8 Å². The Kier molecular flexibility index (Phi) is 4.85. The predicted molar refractivity (Wildman–Crippen MR) is 112 cm³/mol. The van der Waals surface area contributed by atoms with Crippen LogP contribution in [-0.4, -0.2) is 37.6 Å². The summed E-state index contributed by atoms with van der Waals surface area (Å²) in [5.41, 5.74) is 4.76. The first-order chi connectivity index (χ1) is 14.7. The molecule has 9 nitrogen and oxygen atoms in total. The van der Waals surface area contributed by atoms with Gasteiger partial charge in [-0.1, -0.05) is 11.8 Å². The summed E-state index contributed by atoms with van der Waals surface area (Å²) >= 11 is 1.49. The standard InChI is InChI=1S/C20H19N7O2S/c1-29-26-19(28)13-4-6-14(7-5-13)30-18-11-17-21-8-9-27(17)20(23-18)22-16-10-15(24-25-16)12-2-3-12/h4-12H,2-3H2,1H3,(H,26,28)(H2,22,23,24,25). The van der Waals surface area contributed by atoms with Gasteiger partial charge in [-0.05, 0) is 37.1 Å². The van der Waals surface area contributed by atoms with E-state index in [4.69, 9.17) is 4.98 Å². The summed E-state index contributed by atoms with van der Waals surface area (Å²) in [7, 11) is 1.40. The average molecular weight is 421 g/mol. The van der Waals surface area contributed by atoms with E-state index in [0.717, 1.165) is 27.1 Å². The van der Waals surface area contributed by atoms with E-state index in [0.29, 0.717) is 17.4 Å². The molecular weight excluding hydrogens is 402 g/mol. The molecule has 0 unspecified atom stereocenters. The number of amides is 1. The van der Waals surface area contributed by atoms with Crippen LogP contribution in [0.25, 0.3) is 5.65 Å². The molecule has 30 heavy (non-hydrogen) atoms. The highest BCUT2D eigenvalue weighted by atomic mass is 32.2. The first kappa shape index (κ1) is 18.6. The van der Waals surface area contributed by atoms with Crippen LogP contribution in [0.2, 0.25) is 0 Å². The van der Waals surface area contributed by atoms with E-state index in [1.807, 2.05) is 34.9 Å². The number of nitrogens with zero attached hydrogens (tertiary/aromatic N) is 4. The van der Waals surface area contributed by atoms with Crippen LogP contribution >= 0.6 is 11.8 Å². The zero-order valence-electron chi connectivity index (χ0n) is 16.1. The number of fused-ring (bicyclic) bond motifs is 1. The van der Waals surface area contributed by atoms with Gasteiger partial charge in [0, 0.05) is 46.6 Å². The third-order valence-electron chi connectivity index (χ3n) is 4.75. The molecule has 1 fully saturated rings. The number of H-pyrrole nitrogens is 1. The van der Waals surface area contributed by atoms with Gasteiger partial charge in [-0.3, -0.25) is 19.1 Å². The normalized spacial score (nSPS) is 13.5. The quantitative estimate of drug-likeness (QED) is 0.309. The van der Waals surface area contributed by atoms with Gasteiger partial charge in [-0.25, -0.2) is 15.4 Å². The van der Waals surface area contributed by atoms with E-state index in [1.165, 1.54) is 31.7 Å². The van der Waals surface area contributed by atoms with Gasteiger partial charge in [0.25, 0.3) is 5.91 Å². The van der Waals surface area contributed by atoms with Crippen molar-refractivity contribution in [1.29, 1.82) is 0 Å². The number of rotatable bonds is 7. The lowest BCUT2D eigenvalue weighted by Crippen LogP contribution is -2.21. The number of imidazole rings is 1. The van der Waals surface area contributed by atoms with Crippen LogP contribution in [-0.2, 0) is 4.84 Å². The van der Waals surface area contributed by atoms with Gasteiger partial charge >= 0.3 is 0 Å². The Morgan fingerprint density at radius 1 is 1.27 bits per heavy atom. The fraction of sp³-hybridized carbons (Fsp3) is 0.200. The summed E-state index contributed by atoms with van der Waals surface area (Å²) in [6, 6.07) is 11.2. The molecule has 10 heteroatoms. The maximum absolute atomic E-state index is 11.8. The smallest absolute Gasteiger partial charge is 0.274 e. The number of hydrogen-bond donors (Lipinski definition) is 3. The Bertz CT molecular complexity index is 1200. The summed E-state index contributed by atoms with van der Waals surface area (Å²) in [5.74, 6) is 1.68. The number of benzene rings is 1. The topological polar surface area (TPSA) is 109 Å². The first-order valence-corrected chi connectivity index (χ1v) is 10.3. The van der Waals surface area contributed by atoms with Crippen molar-refractivity contribution in [2.45, 2.75) is 28.7 Å². The molecule has 0 saturated heterocycles. The highest BCUT2D eigenvalue weighted by molar-refractivity contribution is 7.99. The molecule has 0 aliphatic heterocycles. The number of hydrogen-bond acceptors (Lipinski definition) is 7. The lowest BCUT2D eigenvalue weighted by atomic mass is 10.2. The Hall–Kier alpha value is -3.37. The molecule has 1 amide bonds. The van der Waals surface area contributed by atoms with Crippen molar-refractivity contribution >= 4 is 35.1 Å². The van der Waals surface area contributed by atoms with Crippen molar-refractivity contribution < 1.29 is 9.63 Å². The Balaban J connectivity index is 1.38. The highest BCUT2D eigenvalue weighted by Crippen LogP contribution is 2.39. The van der Waals surface area contributed by atoms with Gasteiger partial charge in [0.1, 0.15) is 10.7 Å². The number of hydroxylamine groups is 1. The third-order valence-corrected chi connectivity index (χ3v) is 5.68. The molecule has 0 radical (unpaired) electrons. The van der Waals surface area contributed by atoms with Crippen LogP contribution < -0.4 is 10.8 Å². The molecule has 3 N–H and O–H groups in total. The van der Waals surface area contributed by atoms with E-state index in [1.54, 1.807) is 18.3 Å². The average Bonchev–Trinajstić information content (AvgIpc) is 3.30. The van der Waals surface area contributed by atoms with Gasteiger partial charge in [-0.2, -0.15) is 5.10 Å². The molecular formula is C20H19N7O2S. The lowest BCUT2D eigenvalue weighted by Gasteiger charge is -2.09. The molecule has 1 aliphatic carbocycles. The van der Waals surface area contributed by atoms with E-state index >= 15 is 0 Å². The van der Waals surface area contributed by atoms with Crippen molar-refractivity contribution in [2.75, 3.05) is 12.4 Å². The minimum atomic E-state index is -0.290. The maximum atomic E-state index is 11.8. The zero-order valence-corrected chi connectivity index (χ0v) is 16.9. The molecule has 1 aromatic carbocycles. The van der Waals surface area contributed by atoms with E-state index in [9.17, 15) is 4.79 Å². The van der Waals surface area contributed by atoms with Crippen LogP contribution in [0, 0.1) is 0 Å². The summed E-state index contributed by atoms with van der Waals surface area (Å²) in [5, 5.41) is 11.5. The molecule has 1 saturated carbocycles. The fourth-order valence-corrected chi connectivity index (χ4v) is 3.92. The van der Waals surface area contributed by atoms with E-state index < -0.39 is 0 Å². The number of carbonyl (C=O) groups is 1. The van der Waals surface area contributed by atoms with Crippen LogP contribution in [0.4, 0.5) is 11.8 Å². The molecule has 3 aromatic heterocycles. The fourth-order valence-electron chi connectivity index (χ4n) is 3.11. The summed E-state index contributed by atoms with van der Waals surface area (Å²) in [6.45, 7) is 0.